The van der Waals surface area contributed by atoms with Crippen LogP contribution in [0.3, 0.4) is 0 Å². The fraction of sp³-hybridized carbons (Fsp3) is 1.00. The lowest BCUT2D eigenvalue weighted by molar-refractivity contribution is 0.407. The molecule has 16 heavy (non-hydrogen) atoms. The van der Waals surface area contributed by atoms with E-state index in [1.165, 1.54) is 25.7 Å². The maximum atomic E-state index is 11.5. The number of hydrogen-bond donors (Lipinski definition) is 1. The third-order valence-electron chi connectivity index (χ3n) is 3.51. The van der Waals surface area contributed by atoms with Gasteiger partial charge in [0.2, 0.25) is 0 Å². The molecular weight excluding hydrogens is 222 g/mol. The highest BCUT2D eigenvalue weighted by Gasteiger charge is 2.22. The van der Waals surface area contributed by atoms with Crippen molar-refractivity contribution in [2.45, 2.75) is 57.9 Å². The maximum Gasteiger partial charge on any atom is 0.150 e. The van der Waals surface area contributed by atoms with Crippen molar-refractivity contribution in [2.75, 3.05) is 11.5 Å². The van der Waals surface area contributed by atoms with Crippen molar-refractivity contribution < 1.29 is 8.42 Å². The van der Waals surface area contributed by atoms with Crippen LogP contribution in [0.5, 0.6) is 0 Å². The zero-order chi connectivity index (χ0) is 12.0. The first-order valence-electron chi connectivity index (χ1n) is 6.51. The SMILES string of the molecule is CCCS(=O)(=O)CCCC(N)C1CCCC1. The first-order valence-corrected chi connectivity index (χ1v) is 8.33. The normalized spacial score (nSPS) is 20.1. The lowest BCUT2D eigenvalue weighted by atomic mass is 9.95. The molecule has 1 saturated carbocycles. The van der Waals surface area contributed by atoms with Crippen LogP contribution in [0.4, 0.5) is 0 Å². The summed E-state index contributed by atoms with van der Waals surface area (Å²) in [5.41, 5.74) is 6.09. The molecule has 0 aliphatic heterocycles. The molecule has 0 radical (unpaired) electrons. The molecule has 1 aliphatic rings. The molecule has 2 N–H and O–H groups in total. The minimum Gasteiger partial charge on any atom is -0.327 e. The number of hydrogen-bond acceptors (Lipinski definition) is 3. The average Bonchev–Trinajstić information content (AvgIpc) is 2.69. The van der Waals surface area contributed by atoms with Crippen LogP contribution < -0.4 is 5.73 Å². The molecule has 0 saturated heterocycles. The van der Waals surface area contributed by atoms with E-state index in [2.05, 4.69) is 0 Å². The second kappa shape index (κ2) is 6.60. The molecule has 1 aliphatic carbocycles. The number of sulfone groups is 1. The first-order chi connectivity index (χ1) is 7.55. The number of nitrogens with two attached hydrogens (primary N) is 1. The van der Waals surface area contributed by atoms with Gasteiger partial charge in [-0.3, -0.25) is 0 Å². The minimum atomic E-state index is -2.81. The van der Waals surface area contributed by atoms with E-state index in [9.17, 15) is 8.42 Å². The summed E-state index contributed by atoms with van der Waals surface area (Å²) in [4.78, 5) is 0. The fourth-order valence-electron chi connectivity index (χ4n) is 2.57. The number of rotatable bonds is 7. The van der Waals surface area contributed by atoms with Gasteiger partial charge in [-0.1, -0.05) is 19.8 Å². The van der Waals surface area contributed by atoms with Gasteiger partial charge in [-0.15, -0.1) is 0 Å². The summed E-state index contributed by atoms with van der Waals surface area (Å²) in [5, 5.41) is 0. The first kappa shape index (κ1) is 14.0. The lowest BCUT2D eigenvalue weighted by Gasteiger charge is -2.18. The molecule has 0 aromatic heterocycles. The molecule has 1 rings (SSSR count). The highest BCUT2D eigenvalue weighted by molar-refractivity contribution is 7.91. The second-order valence-corrected chi connectivity index (χ2v) is 7.31. The van der Waals surface area contributed by atoms with Gasteiger partial charge in [-0.25, -0.2) is 8.42 Å². The van der Waals surface area contributed by atoms with Crippen LogP contribution in [0.15, 0.2) is 0 Å². The zero-order valence-electron chi connectivity index (χ0n) is 10.3. The molecule has 0 heterocycles. The molecule has 0 amide bonds. The Hall–Kier alpha value is -0.0900. The minimum absolute atomic E-state index is 0.222. The predicted octanol–water partition coefficient (Wildman–Crippen LogP) is 2.11. The van der Waals surface area contributed by atoms with Gasteiger partial charge < -0.3 is 5.73 Å². The van der Waals surface area contributed by atoms with Crippen molar-refractivity contribution in [3.05, 3.63) is 0 Å². The maximum absolute atomic E-state index is 11.5. The Kier molecular flexibility index (Phi) is 5.76. The Labute approximate surface area is 99.7 Å². The standard InChI is InChI=1S/C12H25NO2S/c1-2-9-16(14,15)10-5-8-12(13)11-6-3-4-7-11/h11-12H,2-10,13H2,1H3. The van der Waals surface area contributed by atoms with Crippen molar-refractivity contribution in [1.82, 2.24) is 0 Å². The smallest absolute Gasteiger partial charge is 0.150 e. The van der Waals surface area contributed by atoms with E-state index >= 15 is 0 Å². The van der Waals surface area contributed by atoms with Gasteiger partial charge in [0.05, 0.1) is 5.75 Å². The van der Waals surface area contributed by atoms with Gasteiger partial charge >= 0.3 is 0 Å². The summed E-state index contributed by atoms with van der Waals surface area (Å²) in [6.07, 6.45) is 7.40. The quantitative estimate of drug-likeness (QED) is 0.749. The highest BCUT2D eigenvalue weighted by atomic mass is 32.2. The van der Waals surface area contributed by atoms with E-state index in [0.29, 0.717) is 17.4 Å². The third kappa shape index (κ3) is 4.83. The van der Waals surface area contributed by atoms with E-state index in [0.717, 1.165) is 19.3 Å². The molecule has 1 atom stereocenters. The molecule has 4 heteroatoms. The Balaban J connectivity index is 2.19. The summed E-state index contributed by atoms with van der Waals surface area (Å²) in [6.45, 7) is 1.90. The molecule has 0 spiro atoms. The van der Waals surface area contributed by atoms with Crippen molar-refractivity contribution in [3.63, 3.8) is 0 Å². The van der Waals surface area contributed by atoms with Gasteiger partial charge in [-0.2, -0.15) is 0 Å². The van der Waals surface area contributed by atoms with Gasteiger partial charge in [0.25, 0.3) is 0 Å². The summed E-state index contributed by atoms with van der Waals surface area (Å²) in [7, 11) is -2.81. The molecular formula is C12H25NO2S. The Morgan fingerprint density at radius 1 is 1.25 bits per heavy atom. The Morgan fingerprint density at radius 2 is 1.88 bits per heavy atom. The Morgan fingerprint density at radius 3 is 2.44 bits per heavy atom. The Bertz CT molecular complexity index is 281. The van der Waals surface area contributed by atoms with E-state index in [4.69, 9.17) is 5.73 Å². The molecule has 1 unspecified atom stereocenters. The average molecular weight is 247 g/mol. The van der Waals surface area contributed by atoms with Crippen LogP contribution in [0.1, 0.15) is 51.9 Å². The van der Waals surface area contributed by atoms with E-state index in [1.807, 2.05) is 6.92 Å². The summed E-state index contributed by atoms with van der Waals surface area (Å²) in [5.74, 6) is 1.29. The zero-order valence-corrected chi connectivity index (χ0v) is 11.1. The molecule has 0 aromatic rings. The van der Waals surface area contributed by atoms with Gasteiger partial charge in [0.1, 0.15) is 9.84 Å². The summed E-state index contributed by atoms with van der Waals surface area (Å²) >= 11 is 0. The molecule has 1 fully saturated rings. The van der Waals surface area contributed by atoms with Gasteiger partial charge in [0.15, 0.2) is 0 Å². The third-order valence-corrected chi connectivity index (χ3v) is 5.45. The van der Waals surface area contributed by atoms with Crippen LogP contribution in [-0.4, -0.2) is 26.0 Å². The van der Waals surface area contributed by atoms with Gasteiger partial charge in [0, 0.05) is 11.8 Å². The lowest BCUT2D eigenvalue weighted by Crippen LogP contribution is -2.29. The van der Waals surface area contributed by atoms with E-state index in [1.54, 1.807) is 0 Å². The largest absolute Gasteiger partial charge is 0.327 e. The van der Waals surface area contributed by atoms with Crippen LogP contribution >= 0.6 is 0 Å². The van der Waals surface area contributed by atoms with Crippen molar-refractivity contribution in [3.8, 4) is 0 Å². The topological polar surface area (TPSA) is 60.2 Å². The monoisotopic (exact) mass is 247 g/mol. The van der Waals surface area contributed by atoms with Crippen LogP contribution in [-0.2, 0) is 9.84 Å². The van der Waals surface area contributed by atoms with E-state index < -0.39 is 9.84 Å². The van der Waals surface area contributed by atoms with E-state index in [-0.39, 0.29) is 6.04 Å². The van der Waals surface area contributed by atoms with Crippen molar-refractivity contribution in [2.24, 2.45) is 11.7 Å². The van der Waals surface area contributed by atoms with Crippen LogP contribution in [0.2, 0.25) is 0 Å². The summed E-state index contributed by atoms with van der Waals surface area (Å²) < 4.78 is 23.0. The summed E-state index contributed by atoms with van der Waals surface area (Å²) in [6, 6.07) is 0.222. The predicted molar refractivity (Wildman–Crippen MR) is 68.1 cm³/mol. The highest BCUT2D eigenvalue weighted by Crippen LogP contribution is 2.28. The molecule has 0 bridgehead atoms. The fourth-order valence-corrected chi connectivity index (χ4v) is 4.01. The van der Waals surface area contributed by atoms with Crippen molar-refractivity contribution in [1.29, 1.82) is 0 Å². The molecule has 0 aromatic carbocycles. The van der Waals surface area contributed by atoms with Crippen molar-refractivity contribution >= 4 is 9.84 Å². The van der Waals surface area contributed by atoms with Crippen LogP contribution in [0.25, 0.3) is 0 Å². The van der Waals surface area contributed by atoms with Gasteiger partial charge in [-0.05, 0) is 38.0 Å². The van der Waals surface area contributed by atoms with Crippen LogP contribution in [0, 0.1) is 5.92 Å². The second-order valence-electron chi connectivity index (χ2n) is 5.00. The molecule has 96 valence electrons. The molecule has 3 nitrogen and oxygen atoms in total.